The second kappa shape index (κ2) is 9.86. The molecule has 3 amide bonds. The van der Waals surface area contributed by atoms with Crippen molar-refractivity contribution in [2.24, 2.45) is 0 Å². The molecule has 0 aliphatic rings. The Morgan fingerprint density at radius 1 is 0.929 bits per heavy atom. The number of nitrogens with one attached hydrogen (secondary N) is 3. The monoisotopic (exact) mass is 383 g/mol. The number of ether oxygens (including phenoxy) is 1. The minimum Gasteiger partial charge on any atom is -0.454 e. The Hall–Kier alpha value is -3.68. The Kier molecular flexibility index (Phi) is 7.27. The van der Waals surface area contributed by atoms with Crippen molar-refractivity contribution in [3.05, 3.63) is 65.2 Å². The van der Waals surface area contributed by atoms with Crippen molar-refractivity contribution in [2.45, 2.75) is 6.92 Å². The summed E-state index contributed by atoms with van der Waals surface area (Å²) in [6.07, 6.45) is 0. The van der Waals surface area contributed by atoms with Crippen molar-refractivity contribution in [1.82, 2.24) is 10.6 Å². The number of anilines is 1. The van der Waals surface area contributed by atoms with Gasteiger partial charge in [0, 0.05) is 23.9 Å². The first-order chi connectivity index (χ1) is 13.4. The number of amides is 3. The molecule has 0 aromatic heterocycles. The molecule has 0 fully saturated rings. The van der Waals surface area contributed by atoms with Gasteiger partial charge in [-0.3, -0.25) is 19.2 Å². The lowest BCUT2D eigenvalue weighted by molar-refractivity contribution is -0.146. The van der Waals surface area contributed by atoms with Gasteiger partial charge in [0.1, 0.15) is 6.54 Å². The highest BCUT2D eigenvalue weighted by Crippen LogP contribution is 2.10. The van der Waals surface area contributed by atoms with Crippen molar-refractivity contribution in [1.29, 1.82) is 0 Å². The molecule has 2 rings (SSSR count). The third-order valence-corrected chi connectivity index (χ3v) is 3.67. The SMILES string of the molecule is CNC(=O)c1cccc(NC(=O)COC(=O)CNC(=O)c2cccc(C)c2)c1. The van der Waals surface area contributed by atoms with E-state index in [2.05, 4.69) is 16.0 Å². The molecular formula is C20H21N3O5. The molecule has 8 heteroatoms. The van der Waals surface area contributed by atoms with Gasteiger partial charge in [-0.1, -0.05) is 23.8 Å². The Morgan fingerprint density at radius 3 is 2.29 bits per heavy atom. The third-order valence-electron chi connectivity index (χ3n) is 3.67. The fourth-order valence-electron chi connectivity index (χ4n) is 2.32. The fourth-order valence-corrected chi connectivity index (χ4v) is 2.32. The predicted octanol–water partition coefficient (Wildman–Crippen LogP) is 1.27. The van der Waals surface area contributed by atoms with Crippen LogP contribution in [0.25, 0.3) is 0 Å². The van der Waals surface area contributed by atoms with E-state index < -0.39 is 24.4 Å². The topological polar surface area (TPSA) is 114 Å². The smallest absolute Gasteiger partial charge is 0.325 e. The normalized spacial score (nSPS) is 9.93. The van der Waals surface area contributed by atoms with Crippen LogP contribution >= 0.6 is 0 Å². The van der Waals surface area contributed by atoms with E-state index in [1.807, 2.05) is 13.0 Å². The highest BCUT2D eigenvalue weighted by molar-refractivity contribution is 5.98. The van der Waals surface area contributed by atoms with Crippen LogP contribution in [0.15, 0.2) is 48.5 Å². The van der Waals surface area contributed by atoms with E-state index in [4.69, 9.17) is 4.74 Å². The Labute approximate surface area is 162 Å². The lowest BCUT2D eigenvalue weighted by atomic mass is 10.1. The van der Waals surface area contributed by atoms with Crippen molar-refractivity contribution in [3.63, 3.8) is 0 Å². The molecule has 0 aliphatic carbocycles. The van der Waals surface area contributed by atoms with E-state index in [1.165, 1.54) is 13.1 Å². The molecule has 146 valence electrons. The van der Waals surface area contributed by atoms with Crippen LogP contribution in [0.3, 0.4) is 0 Å². The van der Waals surface area contributed by atoms with Gasteiger partial charge < -0.3 is 20.7 Å². The molecule has 0 heterocycles. The second-order valence-corrected chi connectivity index (χ2v) is 5.92. The number of esters is 1. The Balaban J connectivity index is 1.77. The van der Waals surface area contributed by atoms with Gasteiger partial charge in [-0.05, 0) is 37.3 Å². The van der Waals surface area contributed by atoms with Crippen molar-refractivity contribution in [3.8, 4) is 0 Å². The van der Waals surface area contributed by atoms with E-state index >= 15 is 0 Å². The summed E-state index contributed by atoms with van der Waals surface area (Å²) in [7, 11) is 1.50. The third kappa shape index (κ3) is 6.24. The minimum absolute atomic E-state index is 0.285. The molecule has 0 saturated heterocycles. The Bertz CT molecular complexity index is 895. The number of hydrogen-bond acceptors (Lipinski definition) is 5. The van der Waals surface area contributed by atoms with Crippen LogP contribution < -0.4 is 16.0 Å². The lowest BCUT2D eigenvalue weighted by Gasteiger charge is -2.09. The van der Waals surface area contributed by atoms with Gasteiger partial charge in [0.2, 0.25) is 0 Å². The van der Waals surface area contributed by atoms with Gasteiger partial charge in [-0.2, -0.15) is 0 Å². The number of carbonyl (C=O) groups is 4. The molecule has 0 radical (unpaired) electrons. The number of rotatable bonds is 7. The molecule has 0 bridgehead atoms. The maximum absolute atomic E-state index is 12.0. The first-order valence-corrected chi connectivity index (χ1v) is 8.51. The van der Waals surface area contributed by atoms with Gasteiger partial charge in [0.15, 0.2) is 6.61 Å². The van der Waals surface area contributed by atoms with Crippen molar-refractivity contribution < 1.29 is 23.9 Å². The minimum atomic E-state index is -0.740. The van der Waals surface area contributed by atoms with Gasteiger partial charge in [-0.15, -0.1) is 0 Å². The predicted molar refractivity (Wildman–Crippen MR) is 103 cm³/mol. The average molecular weight is 383 g/mol. The second-order valence-electron chi connectivity index (χ2n) is 5.92. The quantitative estimate of drug-likeness (QED) is 0.623. The fraction of sp³-hybridized carbons (Fsp3) is 0.200. The summed E-state index contributed by atoms with van der Waals surface area (Å²) in [6, 6.07) is 13.3. The molecule has 0 spiro atoms. The summed E-state index contributed by atoms with van der Waals surface area (Å²) < 4.78 is 4.84. The van der Waals surface area contributed by atoms with Crippen LogP contribution in [0.5, 0.6) is 0 Å². The Morgan fingerprint density at radius 2 is 1.61 bits per heavy atom. The molecule has 2 aromatic rings. The summed E-state index contributed by atoms with van der Waals surface area (Å²) in [6.45, 7) is 0.990. The number of carbonyl (C=O) groups excluding carboxylic acids is 4. The summed E-state index contributed by atoms with van der Waals surface area (Å²) in [5, 5.41) is 7.45. The van der Waals surface area contributed by atoms with Crippen LogP contribution in [0.1, 0.15) is 26.3 Å². The largest absolute Gasteiger partial charge is 0.454 e. The zero-order chi connectivity index (χ0) is 20.5. The maximum atomic E-state index is 12.0. The van der Waals surface area contributed by atoms with Gasteiger partial charge in [-0.25, -0.2) is 0 Å². The van der Waals surface area contributed by atoms with Crippen LogP contribution in [0.2, 0.25) is 0 Å². The lowest BCUT2D eigenvalue weighted by Crippen LogP contribution is -2.32. The van der Waals surface area contributed by atoms with Crippen LogP contribution in [-0.4, -0.2) is 43.9 Å². The van der Waals surface area contributed by atoms with Crippen LogP contribution in [0.4, 0.5) is 5.69 Å². The van der Waals surface area contributed by atoms with Crippen LogP contribution in [0, 0.1) is 6.92 Å². The number of hydrogen-bond donors (Lipinski definition) is 3. The van der Waals surface area contributed by atoms with Gasteiger partial charge >= 0.3 is 5.97 Å². The molecule has 8 nitrogen and oxygen atoms in total. The zero-order valence-electron chi connectivity index (χ0n) is 15.6. The van der Waals surface area contributed by atoms with E-state index in [1.54, 1.807) is 36.4 Å². The zero-order valence-corrected chi connectivity index (χ0v) is 15.6. The van der Waals surface area contributed by atoms with E-state index in [9.17, 15) is 19.2 Å². The maximum Gasteiger partial charge on any atom is 0.325 e. The highest BCUT2D eigenvalue weighted by Gasteiger charge is 2.12. The number of aryl methyl sites for hydroxylation is 1. The van der Waals surface area contributed by atoms with Gasteiger partial charge in [0.25, 0.3) is 17.7 Å². The summed E-state index contributed by atoms with van der Waals surface area (Å²) >= 11 is 0. The van der Waals surface area contributed by atoms with Crippen molar-refractivity contribution >= 4 is 29.4 Å². The summed E-state index contributed by atoms with van der Waals surface area (Å²) in [5.41, 5.74) is 2.14. The summed E-state index contributed by atoms with van der Waals surface area (Å²) in [5.74, 6) is -1.99. The molecule has 2 aromatic carbocycles. The van der Waals surface area contributed by atoms with Crippen molar-refractivity contribution in [2.75, 3.05) is 25.5 Å². The molecule has 0 atom stereocenters. The highest BCUT2D eigenvalue weighted by atomic mass is 16.5. The molecule has 0 unspecified atom stereocenters. The van der Waals surface area contributed by atoms with Crippen LogP contribution in [-0.2, 0) is 14.3 Å². The number of benzene rings is 2. The molecule has 28 heavy (non-hydrogen) atoms. The van der Waals surface area contributed by atoms with E-state index in [-0.39, 0.29) is 12.5 Å². The first-order valence-electron chi connectivity index (χ1n) is 8.51. The van der Waals surface area contributed by atoms with Gasteiger partial charge in [0.05, 0.1) is 0 Å². The van der Waals surface area contributed by atoms with E-state index in [0.717, 1.165) is 5.56 Å². The standard InChI is InChI=1S/C20H21N3O5/c1-13-5-3-6-14(9-13)20(27)22-11-18(25)28-12-17(24)23-16-8-4-7-15(10-16)19(26)21-2/h3-10H,11-12H2,1-2H3,(H,21,26)(H,22,27)(H,23,24). The summed E-state index contributed by atoms with van der Waals surface area (Å²) in [4.78, 5) is 47.2. The molecule has 0 saturated carbocycles. The molecular weight excluding hydrogens is 362 g/mol. The van der Waals surface area contributed by atoms with E-state index in [0.29, 0.717) is 16.8 Å². The average Bonchev–Trinajstić information content (AvgIpc) is 2.70. The molecule has 0 aliphatic heterocycles. The first kappa shape index (κ1) is 20.6. The molecule has 3 N–H and O–H groups in total.